The molecule has 2 aromatic rings. The highest BCUT2D eigenvalue weighted by Crippen LogP contribution is 2.59. The number of carbonyl (C=O) groups excluding carboxylic acids is 1. The fraction of sp³-hybridized carbons (Fsp3) is 0.522. The zero-order valence-electron chi connectivity index (χ0n) is 17.8. The van der Waals surface area contributed by atoms with E-state index in [1.807, 2.05) is 0 Å². The average molecular weight is 434 g/mol. The predicted molar refractivity (Wildman–Crippen MR) is 106 cm³/mol. The van der Waals surface area contributed by atoms with Gasteiger partial charge in [-0.15, -0.1) is 0 Å². The summed E-state index contributed by atoms with van der Waals surface area (Å²) in [6.07, 6.45) is -2.32. The van der Waals surface area contributed by atoms with Crippen LogP contribution in [0.25, 0.3) is 0 Å². The fourth-order valence-electron chi connectivity index (χ4n) is 3.86. The summed E-state index contributed by atoms with van der Waals surface area (Å²) in [5, 5.41) is 4.08. The zero-order chi connectivity index (χ0) is 22.7. The topological polar surface area (TPSA) is 65.2 Å². The summed E-state index contributed by atoms with van der Waals surface area (Å²) in [5.41, 5.74) is -1.39. The van der Waals surface area contributed by atoms with Gasteiger partial charge < -0.3 is 9.26 Å². The van der Waals surface area contributed by atoms with Crippen molar-refractivity contribution >= 4 is 5.97 Å². The second-order valence-electron chi connectivity index (χ2n) is 9.53. The smallest absolute Gasteiger partial charge is 0.398 e. The first-order valence-electron chi connectivity index (χ1n) is 10.3. The molecular formula is C23H25F3N2O3. The molecule has 0 saturated heterocycles. The van der Waals surface area contributed by atoms with Gasteiger partial charge in [0.25, 0.3) is 0 Å². The van der Waals surface area contributed by atoms with E-state index in [0.29, 0.717) is 11.4 Å². The van der Waals surface area contributed by atoms with Crippen molar-refractivity contribution < 1.29 is 27.2 Å². The lowest BCUT2D eigenvalue weighted by Gasteiger charge is -2.20. The number of hydrogen-bond donors (Lipinski definition) is 0. The lowest BCUT2D eigenvalue weighted by Crippen LogP contribution is -2.28. The van der Waals surface area contributed by atoms with Crippen LogP contribution in [0.3, 0.4) is 0 Å². The number of hydrogen-bond acceptors (Lipinski definition) is 5. The highest BCUT2D eigenvalue weighted by atomic mass is 19.4. The van der Waals surface area contributed by atoms with Crippen molar-refractivity contribution in [1.29, 1.82) is 0 Å². The Kier molecular flexibility index (Phi) is 4.83. The summed E-state index contributed by atoms with van der Waals surface area (Å²) in [6, 6.07) is 6.62. The Balaban J connectivity index is 1.48. The Morgan fingerprint density at radius 2 is 1.68 bits per heavy atom. The number of aromatic nitrogens is 2. The largest absolute Gasteiger partial charge is 0.457 e. The second kappa shape index (κ2) is 6.93. The van der Waals surface area contributed by atoms with Crippen molar-refractivity contribution in [3.8, 4) is 0 Å². The van der Waals surface area contributed by atoms with E-state index >= 15 is 0 Å². The number of nitrogens with zero attached hydrogens (tertiary/aromatic N) is 2. The highest BCUT2D eigenvalue weighted by Gasteiger charge is 2.64. The number of esters is 1. The van der Waals surface area contributed by atoms with Gasteiger partial charge in [0.15, 0.2) is 5.82 Å². The normalized spacial score (nSPS) is 19.0. The molecule has 0 atom stereocenters. The minimum Gasteiger partial charge on any atom is -0.457 e. The maximum atomic E-state index is 13.4. The van der Waals surface area contributed by atoms with Crippen LogP contribution in [0.4, 0.5) is 13.2 Å². The maximum absolute atomic E-state index is 13.4. The first-order valence-corrected chi connectivity index (χ1v) is 10.3. The van der Waals surface area contributed by atoms with Gasteiger partial charge in [-0.2, -0.15) is 18.2 Å². The summed E-state index contributed by atoms with van der Waals surface area (Å²) in [5.74, 6) is 0.203. The van der Waals surface area contributed by atoms with Crippen LogP contribution in [0, 0.1) is 0 Å². The molecule has 8 heteroatoms. The summed E-state index contributed by atoms with van der Waals surface area (Å²) in [7, 11) is 0. The minimum absolute atomic E-state index is 0.0744. The van der Waals surface area contributed by atoms with Gasteiger partial charge in [-0.3, -0.25) is 0 Å². The van der Waals surface area contributed by atoms with Crippen molar-refractivity contribution in [2.45, 2.75) is 75.5 Å². The number of rotatable bonds is 6. The van der Waals surface area contributed by atoms with Crippen molar-refractivity contribution in [3.05, 3.63) is 59.3 Å². The molecule has 0 aliphatic heterocycles. The first-order chi connectivity index (χ1) is 14.4. The summed E-state index contributed by atoms with van der Waals surface area (Å²) in [6.45, 7) is 9.05. The Labute approximate surface area is 178 Å². The number of benzene rings is 1. The van der Waals surface area contributed by atoms with Gasteiger partial charge in [-0.1, -0.05) is 36.0 Å². The molecule has 2 saturated carbocycles. The molecule has 1 aromatic carbocycles. The SMILES string of the molecule is C=C(Cc1nc(C2(c3ccc(C4(C(F)(F)F)CC4)cc3)CC2)no1)C(=O)OC(C)(C)C. The van der Waals surface area contributed by atoms with Crippen molar-refractivity contribution in [2.24, 2.45) is 0 Å². The van der Waals surface area contributed by atoms with E-state index in [2.05, 4.69) is 16.7 Å². The molecule has 5 nitrogen and oxygen atoms in total. The lowest BCUT2D eigenvalue weighted by atomic mass is 9.89. The van der Waals surface area contributed by atoms with Crippen LogP contribution < -0.4 is 0 Å². The van der Waals surface area contributed by atoms with Crippen LogP contribution in [0.5, 0.6) is 0 Å². The lowest BCUT2D eigenvalue weighted by molar-refractivity contribution is -0.160. The molecule has 0 radical (unpaired) electrons. The van der Waals surface area contributed by atoms with Gasteiger partial charge in [0.2, 0.25) is 5.89 Å². The highest BCUT2D eigenvalue weighted by molar-refractivity contribution is 5.88. The van der Waals surface area contributed by atoms with Gasteiger partial charge in [-0.05, 0) is 57.6 Å². The van der Waals surface area contributed by atoms with Crippen LogP contribution in [-0.4, -0.2) is 27.9 Å². The molecule has 31 heavy (non-hydrogen) atoms. The third-order valence-corrected chi connectivity index (χ3v) is 5.98. The second-order valence-corrected chi connectivity index (χ2v) is 9.53. The summed E-state index contributed by atoms with van der Waals surface area (Å²) in [4.78, 5) is 16.5. The molecule has 0 unspecified atom stereocenters. The molecule has 0 spiro atoms. The van der Waals surface area contributed by atoms with Crippen molar-refractivity contribution in [3.63, 3.8) is 0 Å². The van der Waals surface area contributed by atoms with E-state index in [9.17, 15) is 18.0 Å². The molecule has 0 N–H and O–H groups in total. The quantitative estimate of drug-likeness (QED) is 0.463. The molecule has 0 amide bonds. The van der Waals surface area contributed by atoms with E-state index in [1.165, 1.54) is 0 Å². The van der Waals surface area contributed by atoms with Crippen LogP contribution in [0.15, 0.2) is 40.9 Å². The Hall–Kier alpha value is -2.64. The van der Waals surface area contributed by atoms with Crippen LogP contribution in [0.1, 0.15) is 69.3 Å². The monoisotopic (exact) mass is 434 g/mol. The molecule has 0 bridgehead atoms. The van der Waals surface area contributed by atoms with Gasteiger partial charge in [0.1, 0.15) is 5.60 Å². The third-order valence-electron chi connectivity index (χ3n) is 5.98. The number of ether oxygens (including phenoxy) is 1. The summed E-state index contributed by atoms with van der Waals surface area (Å²) < 4.78 is 50.7. The van der Waals surface area contributed by atoms with Crippen LogP contribution in [0.2, 0.25) is 0 Å². The average Bonchev–Trinajstić information content (AvgIpc) is 3.58. The molecule has 2 fully saturated rings. The van der Waals surface area contributed by atoms with Gasteiger partial charge in [0.05, 0.1) is 17.3 Å². The minimum atomic E-state index is -4.23. The van der Waals surface area contributed by atoms with Gasteiger partial charge in [-0.25, -0.2) is 4.79 Å². The molecule has 1 heterocycles. The van der Waals surface area contributed by atoms with Crippen molar-refractivity contribution in [2.75, 3.05) is 0 Å². The Morgan fingerprint density at radius 3 is 2.16 bits per heavy atom. The molecule has 2 aliphatic carbocycles. The van der Waals surface area contributed by atoms with E-state index in [-0.39, 0.29) is 30.7 Å². The third kappa shape index (κ3) is 4.00. The van der Waals surface area contributed by atoms with E-state index < -0.39 is 28.6 Å². The molecule has 4 rings (SSSR count). The fourth-order valence-corrected chi connectivity index (χ4v) is 3.86. The van der Waals surface area contributed by atoms with Crippen molar-refractivity contribution in [1.82, 2.24) is 10.1 Å². The van der Waals surface area contributed by atoms with E-state index in [0.717, 1.165) is 18.4 Å². The number of carbonyl (C=O) groups is 1. The molecule has 2 aliphatic rings. The van der Waals surface area contributed by atoms with Crippen LogP contribution in [-0.2, 0) is 26.8 Å². The van der Waals surface area contributed by atoms with Gasteiger partial charge >= 0.3 is 12.1 Å². The number of alkyl halides is 3. The zero-order valence-corrected chi connectivity index (χ0v) is 17.8. The molecular weight excluding hydrogens is 409 g/mol. The Morgan fingerprint density at radius 1 is 1.10 bits per heavy atom. The molecule has 166 valence electrons. The Bertz CT molecular complexity index is 1010. The maximum Gasteiger partial charge on any atom is 0.398 e. The summed E-state index contributed by atoms with van der Waals surface area (Å²) >= 11 is 0. The standard InChI is InChI=1S/C23H25F3N2O3/c1-14(18(29)30-20(2,3)4)13-17-27-19(28-31-17)21(9-10-21)15-5-7-16(8-6-15)22(11-12-22)23(24,25)26/h5-8H,1,9-13H2,2-4H3. The first kappa shape index (κ1) is 21.6. The number of halogens is 3. The van der Waals surface area contributed by atoms with Crippen LogP contribution >= 0.6 is 0 Å². The predicted octanol–water partition coefficient (Wildman–Crippen LogP) is 5.18. The van der Waals surface area contributed by atoms with Gasteiger partial charge in [0, 0.05) is 5.57 Å². The molecule has 1 aromatic heterocycles. The van der Waals surface area contributed by atoms with E-state index in [1.54, 1.807) is 45.0 Å². The van der Waals surface area contributed by atoms with E-state index in [4.69, 9.17) is 9.26 Å².